The zero-order valence-electron chi connectivity index (χ0n) is 8.03. The van der Waals surface area contributed by atoms with Crippen molar-refractivity contribution >= 4 is 41.4 Å². The Morgan fingerprint density at radius 2 is 1.83 bits per heavy atom. The fraction of sp³-hybridized carbons (Fsp3) is 0.143. The second-order valence-corrected chi connectivity index (χ2v) is 6.32. The first-order valence-electron chi connectivity index (χ1n) is 3.95. The van der Waals surface area contributed by atoms with Crippen molar-refractivity contribution in [2.24, 2.45) is 0 Å². The highest BCUT2D eigenvalue weighted by atomic mass is 79.9. The molecule has 0 saturated carbocycles. The van der Waals surface area contributed by atoms with Crippen LogP contribution in [0, 0.1) is 10.1 Å². The molecule has 0 fully saturated rings. The van der Waals surface area contributed by atoms with Crippen molar-refractivity contribution < 1.29 is 26.5 Å². The molecule has 0 aliphatic rings. The van der Waals surface area contributed by atoms with Gasteiger partial charge in [0.15, 0.2) is 5.56 Å². The first-order chi connectivity index (χ1) is 7.96. The van der Waals surface area contributed by atoms with E-state index in [2.05, 4.69) is 15.9 Å². The summed E-state index contributed by atoms with van der Waals surface area (Å²) in [5.74, 6) is 0. The number of hydrogen-bond donors (Lipinski definition) is 0. The van der Waals surface area contributed by atoms with E-state index in [0.29, 0.717) is 6.07 Å². The van der Waals surface area contributed by atoms with Crippen molar-refractivity contribution in [3.63, 3.8) is 0 Å². The van der Waals surface area contributed by atoms with E-state index in [-0.39, 0.29) is 0 Å². The van der Waals surface area contributed by atoms with E-state index < -0.39 is 40.8 Å². The Kier molecular flexibility index (Phi) is 3.94. The lowest BCUT2D eigenvalue weighted by Gasteiger charge is -2.12. The van der Waals surface area contributed by atoms with Crippen LogP contribution in [0.15, 0.2) is 21.5 Å². The zero-order chi connectivity index (χ0) is 14.3. The number of alkyl halides is 3. The molecule has 18 heavy (non-hydrogen) atoms. The molecule has 0 aliphatic carbocycles. The van der Waals surface area contributed by atoms with Gasteiger partial charge in [-0.1, -0.05) is 0 Å². The lowest BCUT2D eigenvalue weighted by atomic mass is 10.1. The van der Waals surface area contributed by atoms with Crippen LogP contribution in [0.4, 0.5) is 18.9 Å². The normalized spacial score (nSPS) is 12.5. The van der Waals surface area contributed by atoms with E-state index in [1.807, 2.05) is 0 Å². The number of nitrogens with zero attached hydrogens (tertiary/aromatic N) is 1. The number of rotatable bonds is 2. The third-order valence-corrected chi connectivity index (χ3v) is 4.11. The Balaban J connectivity index is 3.91. The van der Waals surface area contributed by atoms with Crippen LogP contribution in [0.5, 0.6) is 0 Å². The topological polar surface area (TPSA) is 77.3 Å². The third kappa shape index (κ3) is 2.93. The lowest BCUT2D eigenvalue weighted by Crippen LogP contribution is -2.14. The Labute approximate surface area is 111 Å². The monoisotopic (exact) mass is 367 g/mol. The summed E-state index contributed by atoms with van der Waals surface area (Å²) in [6, 6.07) is 1.35. The van der Waals surface area contributed by atoms with Crippen LogP contribution >= 0.6 is 26.6 Å². The molecule has 0 aromatic heterocycles. The summed E-state index contributed by atoms with van der Waals surface area (Å²) in [5, 5.41) is 10.5. The van der Waals surface area contributed by atoms with E-state index >= 15 is 0 Å². The summed E-state index contributed by atoms with van der Waals surface area (Å²) in [6.07, 6.45) is -5.23. The Bertz CT molecular complexity index is 616. The standard InChI is InChI=1S/C7H2BrClF3NO4S/c8-3-1-2-4(13(14)15)5(7(10,11)12)6(3)18(9,16)17/h1-2H. The predicted molar refractivity (Wildman–Crippen MR) is 58.8 cm³/mol. The van der Waals surface area contributed by atoms with E-state index in [9.17, 15) is 31.7 Å². The maximum Gasteiger partial charge on any atom is 0.424 e. The molecule has 5 nitrogen and oxygen atoms in total. The van der Waals surface area contributed by atoms with Crippen LogP contribution in [0.1, 0.15) is 5.56 Å². The van der Waals surface area contributed by atoms with Gasteiger partial charge in [0.2, 0.25) is 0 Å². The van der Waals surface area contributed by atoms with Crippen molar-refractivity contribution in [1.29, 1.82) is 0 Å². The molecule has 0 N–H and O–H groups in total. The fourth-order valence-corrected chi connectivity index (χ4v) is 3.71. The van der Waals surface area contributed by atoms with Gasteiger partial charge in [0.1, 0.15) is 4.90 Å². The molecule has 0 saturated heterocycles. The van der Waals surface area contributed by atoms with Crippen molar-refractivity contribution in [2.45, 2.75) is 11.1 Å². The number of halogens is 5. The minimum Gasteiger partial charge on any atom is -0.258 e. The molecule has 0 heterocycles. The van der Waals surface area contributed by atoms with Gasteiger partial charge in [0.05, 0.1) is 4.92 Å². The van der Waals surface area contributed by atoms with E-state index in [4.69, 9.17) is 10.7 Å². The van der Waals surface area contributed by atoms with Crippen molar-refractivity contribution in [1.82, 2.24) is 0 Å². The van der Waals surface area contributed by atoms with Gasteiger partial charge >= 0.3 is 6.18 Å². The summed E-state index contributed by atoms with van der Waals surface area (Å²) in [5.41, 5.74) is -3.29. The second-order valence-electron chi connectivity index (χ2n) is 2.96. The molecule has 1 aromatic carbocycles. The van der Waals surface area contributed by atoms with Gasteiger partial charge in [-0.2, -0.15) is 13.2 Å². The number of nitro groups is 1. The van der Waals surface area contributed by atoms with Gasteiger partial charge in [-0.25, -0.2) is 8.42 Å². The molecular weight excluding hydrogens is 366 g/mol. The van der Waals surface area contributed by atoms with Gasteiger partial charge in [-0.15, -0.1) is 0 Å². The quantitative estimate of drug-likeness (QED) is 0.456. The second kappa shape index (κ2) is 4.67. The third-order valence-electron chi connectivity index (χ3n) is 1.81. The number of benzene rings is 1. The van der Waals surface area contributed by atoms with Crippen molar-refractivity contribution in [3.05, 3.63) is 32.3 Å². The minimum atomic E-state index is -5.23. The molecule has 0 atom stereocenters. The molecule has 100 valence electrons. The Hall–Kier alpha value is -0.870. The lowest BCUT2D eigenvalue weighted by molar-refractivity contribution is -0.388. The highest BCUT2D eigenvalue weighted by molar-refractivity contribution is 9.10. The molecule has 0 spiro atoms. The molecular formula is C7H2BrClF3NO4S. The predicted octanol–water partition coefficient (Wildman–Crippen LogP) is 3.30. The van der Waals surface area contributed by atoms with E-state index in [1.165, 1.54) is 0 Å². The summed E-state index contributed by atoms with van der Waals surface area (Å²) in [7, 11) is 0.0689. The maximum absolute atomic E-state index is 12.7. The molecule has 0 aliphatic heterocycles. The van der Waals surface area contributed by atoms with Crippen LogP contribution in [0.3, 0.4) is 0 Å². The van der Waals surface area contributed by atoms with Gasteiger partial charge in [0.25, 0.3) is 14.7 Å². The van der Waals surface area contributed by atoms with Crippen LogP contribution in [0.2, 0.25) is 0 Å². The van der Waals surface area contributed by atoms with Crippen LogP contribution < -0.4 is 0 Å². The molecule has 0 amide bonds. The zero-order valence-corrected chi connectivity index (χ0v) is 11.2. The number of hydrogen-bond acceptors (Lipinski definition) is 4. The van der Waals surface area contributed by atoms with Gasteiger partial charge in [0, 0.05) is 21.2 Å². The molecule has 1 rings (SSSR count). The highest BCUT2D eigenvalue weighted by Gasteiger charge is 2.44. The number of nitro benzene ring substituents is 1. The molecule has 0 unspecified atom stereocenters. The van der Waals surface area contributed by atoms with Gasteiger partial charge in [-0.05, 0) is 22.0 Å². The van der Waals surface area contributed by atoms with Crippen LogP contribution in [-0.4, -0.2) is 13.3 Å². The fourth-order valence-electron chi connectivity index (χ4n) is 1.21. The average molecular weight is 369 g/mol. The first kappa shape index (κ1) is 15.2. The molecule has 0 bridgehead atoms. The Morgan fingerprint density at radius 1 is 1.33 bits per heavy atom. The Morgan fingerprint density at radius 3 is 2.17 bits per heavy atom. The van der Waals surface area contributed by atoms with Crippen molar-refractivity contribution in [3.8, 4) is 0 Å². The van der Waals surface area contributed by atoms with E-state index in [1.54, 1.807) is 0 Å². The molecule has 11 heteroatoms. The summed E-state index contributed by atoms with van der Waals surface area (Å²) in [4.78, 5) is 7.81. The molecule has 0 radical (unpaired) electrons. The maximum atomic E-state index is 12.7. The largest absolute Gasteiger partial charge is 0.424 e. The first-order valence-corrected chi connectivity index (χ1v) is 7.05. The van der Waals surface area contributed by atoms with E-state index in [0.717, 1.165) is 6.07 Å². The van der Waals surface area contributed by atoms with Gasteiger partial charge in [-0.3, -0.25) is 10.1 Å². The average Bonchev–Trinajstić information content (AvgIpc) is 2.13. The smallest absolute Gasteiger partial charge is 0.258 e. The SMILES string of the molecule is O=[N+]([O-])c1ccc(Br)c(S(=O)(=O)Cl)c1C(F)(F)F. The minimum absolute atomic E-state index is 0.504. The molecule has 1 aromatic rings. The summed E-state index contributed by atoms with van der Waals surface area (Å²) in [6.45, 7) is 0. The van der Waals surface area contributed by atoms with Crippen molar-refractivity contribution in [2.75, 3.05) is 0 Å². The van der Waals surface area contributed by atoms with Crippen LogP contribution in [0.25, 0.3) is 0 Å². The van der Waals surface area contributed by atoms with Crippen LogP contribution in [-0.2, 0) is 15.2 Å². The summed E-state index contributed by atoms with van der Waals surface area (Å²) >= 11 is 2.57. The summed E-state index contributed by atoms with van der Waals surface area (Å²) < 4.78 is 59.9. The van der Waals surface area contributed by atoms with Gasteiger partial charge < -0.3 is 0 Å². The highest BCUT2D eigenvalue weighted by Crippen LogP contribution is 2.44.